The Balaban J connectivity index is 2.11. The van der Waals surface area contributed by atoms with Gasteiger partial charge in [0.25, 0.3) is 0 Å². The Labute approximate surface area is 242 Å². The molecule has 0 aliphatic carbocycles. The summed E-state index contributed by atoms with van der Waals surface area (Å²) in [5, 5.41) is 0. The van der Waals surface area contributed by atoms with E-state index in [0.717, 1.165) is 27.1 Å². The number of hydrogen-bond acceptors (Lipinski definition) is 11. The minimum absolute atomic E-state index is 0.00505. The second-order valence-electron chi connectivity index (χ2n) is 7.50. The summed E-state index contributed by atoms with van der Waals surface area (Å²) < 4.78 is 20.9. The SMILES string of the molecule is COC(=O)Cc1c(Br)sc(-c2ccc(-c3sc(Br)c(CC(=O)OC)c3CC(=O)OC)s2)c1CC(=O)OC. The van der Waals surface area contributed by atoms with E-state index in [1.54, 1.807) is 0 Å². The Hall–Kier alpha value is -2.06. The quantitative estimate of drug-likeness (QED) is 0.200. The van der Waals surface area contributed by atoms with Crippen LogP contribution in [0.4, 0.5) is 0 Å². The van der Waals surface area contributed by atoms with Crippen molar-refractivity contribution >= 4 is 89.7 Å². The van der Waals surface area contributed by atoms with Gasteiger partial charge in [0.2, 0.25) is 0 Å². The Kier molecular flexibility index (Phi) is 10.5. The van der Waals surface area contributed by atoms with Gasteiger partial charge in [0, 0.05) is 19.5 Å². The van der Waals surface area contributed by atoms with Crippen molar-refractivity contribution in [3.05, 3.63) is 42.0 Å². The summed E-state index contributed by atoms with van der Waals surface area (Å²) in [6.45, 7) is 0. The summed E-state index contributed by atoms with van der Waals surface area (Å²) in [6.07, 6.45) is 0.0101. The van der Waals surface area contributed by atoms with E-state index in [4.69, 9.17) is 18.9 Å². The van der Waals surface area contributed by atoms with Crippen molar-refractivity contribution in [3.63, 3.8) is 0 Å². The lowest BCUT2D eigenvalue weighted by atomic mass is 10.0. The number of methoxy groups -OCH3 is 4. The number of halogens is 2. The number of hydrogen-bond donors (Lipinski definition) is 0. The molecule has 0 aliphatic rings. The van der Waals surface area contributed by atoms with Crippen LogP contribution in [0.2, 0.25) is 0 Å². The maximum absolute atomic E-state index is 12.2. The molecule has 0 fully saturated rings. The van der Waals surface area contributed by atoms with E-state index < -0.39 is 23.9 Å². The molecule has 0 bridgehead atoms. The first-order chi connectivity index (χ1) is 17.6. The first kappa shape index (κ1) is 29.5. The van der Waals surface area contributed by atoms with Gasteiger partial charge in [-0.15, -0.1) is 34.0 Å². The fourth-order valence-corrected chi connectivity index (χ4v) is 8.65. The number of rotatable bonds is 10. The van der Waals surface area contributed by atoms with Crippen LogP contribution in [-0.2, 0) is 63.8 Å². The molecule has 0 amide bonds. The van der Waals surface area contributed by atoms with Gasteiger partial charge in [-0.25, -0.2) is 0 Å². The van der Waals surface area contributed by atoms with Crippen LogP contribution in [0.1, 0.15) is 22.3 Å². The Bertz CT molecular complexity index is 1240. The van der Waals surface area contributed by atoms with E-state index >= 15 is 0 Å². The van der Waals surface area contributed by atoms with Gasteiger partial charge >= 0.3 is 23.9 Å². The highest BCUT2D eigenvalue weighted by Crippen LogP contribution is 2.48. The molecule has 0 N–H and O–H groups in total. The zero-order valence-electron chi connectivity index (χ0n) is 20.2. The van der Waals surface area contributed by atoms with Crippen LogP contribution in [0.3, 0.4) is 0 Å². The van der Waals surface area contributed by atoms with Gasteiger partial charge in [0.05, 0.1) is 61.7 Å². The van der Waals surface area contributed by atoms with Gasteiger partial charge in [0.1, 0.15) is 0 Å². The third-order valence-corrected chi connectivity index (χ3v) is 10.9. The predicted octanol–water partition coefficient (Wildman–Crippen LogP) is 5.59. The molecular weight excluding hydrogens is 672 g/mol. The van der Waals surface area contributed by atoms with Gasteiger partial charge in [-0.1, -0.05) is 0 Å². The zero-order valence-corrected chi connectivity index (χ0v) is 25.9. The molecule has 8 nitrogen and oxygen atoms in total. The molecular formula is C24H22Br2O8S3. The first-order valence-corrected chi connectivity index (χ1v) is 14.6. The highest BCUT2D eigenvalue weighted by molar-refractivity contribution is 9.11. The average Bonchev–Trinajstić information content (AvgIpc) is 3.57. The number of esters is 4. The highest BCUT2D eigenvalue weighted by Gasteiger charge is 2.26. The summed E-state index contributed by atoms with van der Waals surface area (Å²) in [5.74, 6) is -1.69. The van der Waals surface area contributed by atoms with E-state index in [9.17, 15) is 19.2 Å². The third kappa shape index (κ3) is 6.88. The normalized spacial score (nSPS) is 10.8. The van der Waals surface area contributed by atoms with Crippen LogP contribution in [0, 0.1) is 0 Å². The number of thiophene rings is 3. The van der Waals surface area contributed by atoms with Crippen molar-refractivity contribution in [3.8, 4) is 19.5 Å². The second-order valence-corrected chi connectivity index (χ2v) is 13.3. The number of carbonyl (C=O) groups is 4. The topological polar surface area (TPSA) is 105 Å². The van der Waals surface area contributed by atoms with Crippen molar-refractivity contribution in [2.24, 2.45) is 0 Å². The zero-order chi connectivity index (χ0) is 27.3. The van der Waals surface area contributed by atoms with Crippen LogP contribution in [0.15, 0.2) is 19.7 Å². The Morgan fingerprint density at radius 3 is 1.16 bits per heavy atom. The average molecular weight is 694 g/mol. The van der Waals surface area contributed by atoms with E-state index in [-0.39, 0.29) is 25.7 Å². The second kappa shape index (κ2) is 13.1. The Morgan fingerprint density at radius 1 is 0.568 bits per heavy atom. The fourth-order valence-electron chi connectivity index (χ4n) is 3.51. The van der Waals surface area contributed by atoms with Crippen LogP contribution in [-0.4, -0.2) is 52.3 Å². The Morgan fingerprint density at radius 2 is 0.865 bits per heavy atom. The summed E-state index contributed by atoms with van der Waals surface area (Å²) in [4.78, 5) is 51.9. The molecule has 0 saturated carbocycles. The van der Waals surface area contributed by atoms with Crippen LogP contribution in [0.5, 0.6) is 0 Å². The lowest BCUT2D eigenvalue weighted by Gasteiger charge is -2.07. The molecule has 13 heteroatoms. The molecule has 0 saturated heterocycles. The van der Waals surface area contributed by atoms with Crippen LogP contribution < -0.4 is 0 Å². The molecule has 0 atom stereocenters. The molecule has 198 valence electrons. The molecule has 0 aromatic carbocycles. The van der Waals surface area contributed by atoms with Gasteiger partial charge in [-0.3, -0.25) is 19.2 Å². The van der Waals surface area contributed by atoms with Crippen molar-refractivity contribution in [1.82, 2.24) is 0 Å². The largest absolute Gasteiger partial charge is 0.469 e. The minimum Gasteiger partial charge on any atom is -0.469 e. The fraction of sp³-hybridized carbons (Fsp3) is 0.333. The van der Waals surface area contributed by atoms with Crippen molar-refractivity contribution in [1.29, 1.82) is 0 Å². The molecule has 37 heavy (non-hydrogen) atoms. The monoisotopic (exact) mass is 692 g/mol. The van der Waals surface area contributed by atoms with Gasteiger partial charge < -0.3 is 18.9 Å². The van der Waals surface area contributed by atoms with E-state index in [1.165, 1.54) is 62.4 Å². The molecule has 3 aromatic heterocycles. The van der Waals surface area contributed by atoms with Gasteiger partial charge in [-0.05, 0) is 66.2 Å². The summed E-state index contributed by atoms with van der Waals surface area (Å²) in [5.41, 5.74) is 2.74. The van der Waals surface area contributed by atoms with Crippen molar-refractivity contribution in [2.45, 2.75) is 25.7 Å². The molecule has 0 spiro atoms. The molecule has 0 radical (unpaired) electrons. The van der Waals surface area contributed by atoms with E-state index in [0.29, 0.717) is 22.3 Å². The summed E-state index contributed by atoms with van der Waals surface area (Å²) >= 11 is 11.4. The van der Waals surface area contributed by atoms with E-state index in [1.807, 2.05) is 12.1 Å². The smallest absolute Gasteiger partial charge is 0.310 e. The summed E-state index contributed by atoms with van der Waals surface area (Å²) in [6, 6.07) is 3.85. The lowest BCUT2D eigenvalue weighted by Crippen LogP contribution is -2.10. The third-order valence-electron chi connectivity index (χ3n) is 5.38. The van der Waals surface area contributed by atoms with E-state index in [2.05, 4.69) is 31.9 Å². The van der Waals surface area contributed by atoms with Gasteiger partial charge in [0.15, 0.2) is 0 Å². The highest BCUT2D eigenvalue weighted by atomic mass is 79.9. The molecule has 0 aliphatic heterocycles. The maximum atomic E-state index is 12.2. The van der Waals surface area contributed by atoms with Gasteiger partial charge in [-0.2, -0.15) is 0 Å². The molecule has 3 heterocycles. The molecule has 3 aromatic rings. The lowest BCUT2D eigenvalue weighted by molar-refractivity contribution is -0.141. The predicted molar refractivity (Wildman–Crippen MR) is 149 cm³/mol. The van der Waals surface area contributed by atoms with Crippen molar-refractivity contribution < 1.29 is 38.1 Å². The summed E-state index contributed by atoms with van der Waals surface area (Å²) in [7, 11) is 5.26. The molecule has 3 rings (SSSR count). The number of carbonyl (C=O) groups excluding carboxylic acids is 4. The maximum Gasteiger partial charge on any atom is 0.310 e. The number of ether oxygens (including phenoxy) is 4. The minimum atomic E-state index is -0.426. The van der Waals surface area contributed by atoms with Crippen LogP contribution in [0.25, 0.3) is 19.5 Å². The van der Waals surface area contributed by atoms with Crippen molar-refractivity contribution in [2.75, 3.05) is 28.4 Å². The standard InChI is InChI=1S/C24H22Br2O8S3/c1-31-17(27)7-11-13(9-19(29)33-3)23(25)36-21(11)15-5-6-16(35-15)22-12(8-18(28)32-2)14(24(26)37-22)10-20(30)34-4/h5-6H,7-10H2,1-4H3. The van der Waals surface area contributed by atoms with Crippen LogP contribution >= 0.6 is 65.9 Å². The molecule has 0 unspecified atom stereocenters. The first-order valence-electron chi connectivity index (χ1n) is 10.6.